The highest BCUT2D eigenvalue weighted by Crippen LogP contribution is 2.27. The Morgan fingerprint density at radius 1 is 1.25 bits per heavy atom. The lowest BCUT2D eigenvalue weighted by Gasteiger charge is -2.06. The lowest BCUT2D eigenvalue weighted by Crippen LogP contribution is -2.23. The number of sulfonamides is 1. The Balaban J connectivity index is 2.01. The number of amides is 1. The Kier molecular flexibility index (Phi) is 5.99. The third kappa shape index (κ3) is 5.71. The average Bonchev–Trinajstić information content (AvgIpc) is 2.54. The Bertz CT molecular complexity index is 817. The highest BCUT2D eigenvalue weighted by atomic mass is 32.2. The summed E-state index contributed by atoms with van der Waals surface area (Å²) in [5, 5.41) is 3.42. The molecule has 1 aromatic heterocycles. The molecule has 0 unspecified atom stereocenters. The van der Waals surface area contributed by atoms with Gasteiger partial charge in [-0.25, -0.2) is 13.4 Å². The van der Waals surface area contributed by atoms with Crippen molar-refractivity contribution in [1.29, 1.82) is 0 Å². The number of anilines is 1. The number of hydrogen-bond acceptors (Lipinski definition) is 5. The molecule has 1 heterocycles. The van der Waals surface area contributed by atoms with E-state index >= 15 is 0 Å². The van der Waals surface area contributed by atoms with Gasteiger partial charge in [0.25, 0.3) is 5.91 Å². The molecule has 126 valence electrons. The fourth-order valence-electron chi connectivity index (χ4n) is 1.77. The summed E-state index contributed by atoms with van der Waals surface area (Å²) >= 11 is 1.42. The van der Waals surface area contributed by atoms with Crippen LogP contribution in [-0.4, -0.2) is 32.1 Å². The zero-order chi connectivity index (χ0) is 17.6. The smallest absolute Gasteiger partial charge is 0.253 e. The van der Waals surface area contributed by atoms with E-state index in [2.05, 4.69) is 21.6 Å². The van der Waals surface area contributed by atoms with E-state index in [1.54, 1.807) is 42.5 Å². The summed E-state index contributed by atoms with van der Waals surface area (Å²) in [6.07, 6.45) is 4.23. The molecule has 0 saturated heterocycles. The molecule has 1 aromatic carbocycles. The monoisotopic (exact) mass is 363 g/mol. The Hall–Kier alpha value is -2.32. The van der Waals surface area contributed by atoms with Gasteiger partial charge in [0.15, 0.2) is 0 Å². The largest absolute Gasteiger partial charge is 0.349 e. The molecular formula is C16H17N3O3S2. The van der Waals surface area contributed by atoms with Gasteiger partial charge < -0.3 is 5.32 Å². The predicted octanol–water partition coefficient (Wildman–Crippen LogP) is 2.52. The molecule has 0 radical (unpaired) electrons. The number of aromatic nitrogens is 1. The number of nitrogens with one attached hydrogen (secondary N) is 2. The summed E-state index contributed by atoms with van der Waals surface area (Å²) in [5.74, 6) is -0.199. The number of carbonyl (C=O) groups excluding carboxylic acids is 1. The Morgan fingerprint density at radius 3 is 2.50 bits per heavy atom. The molecule has 0 atom stereocenters. The van der Waals surface area contributed by atoms with E-state index in [1.165, 1.54) is 18.0 Å². The topological polar surface area (TPSA) is 88.2 Å². The number of hydrogen-bond donors (Lipinski definition) is 2. The maximum atomic E-state index is 11.8. The van der Waals surface area contributed by atoms with E-state index < -0.39 is 10.0 Å². The van der Waals surface area contributed by atoms with E-state index in [0.29, 0.717) is 17.8 Å². The fourth-order valence-corrected chi connectivity index (χ4v) is 3.09. The zero-order valence-corrected chi connectivity index (χ0v) is 14.7. The van der Waals surface area contributed by atoms with Gasteiger partial charge in [0, 0.05) is 23.3 Å². The SMILES string of the molecule is C=CCNC(=O)c1ccc(Sc2ccc(NS(C)(=O)=O)cc2)nc1. The summed E-state index contributed by atoms with van der Waals surface area (Å²) in [6.45, 7) is 3.95. The van der Waals surface area contributed by atoms with Crippen LogP contribution in [0.1, 0.15) is 10.4 Å². The second-order valence-corrected chi connectivity index (χ2v) is 7.73. The molecule has 0 aliphatic carbocycles. The van der Waals surface area contributed by atoms with Crippen LogP contribution in [-0.2, 0) is 10.0 Å². The van der Waals surface area contributed by atoms with Crippen molar-refractivity contribution in [2.45, 2.75) is 9.92 Å². The number of benzene rings is 1. The van der Waals surface area contributed by atoms with E-state index in [-0.39, 0.29) is 5.91 Å². The first-order chi connectivity index (χ1) is 11.4. The Labute approximate surface area is 145 Å². The van der Waals surface area contributed by atoms with Crippen molar-refractivity contribution in [2.24, 2.45) is 0 Å². The molecule has 0 bridgehead atoms. The van der Waals surface area contributed by atoms with Crippen LogP contribution in [0.2, 0.25) is 0 Å². The predicted molar refractivity (Wildman–Crippen MR) is 95.8 cm³/mol. The minimum Gasteiger partial charge on any atom is -0.349 e. The van der Waals surface area contributed by atoms with E-state index in [4.69, 9.17) is 0 Å². The lowest BCUT2D eigenvalue weighted by molar-refractivity contribution is 0.0957. The molecule has 1 amide bonds. The molecule has 0 aliphatic heterocycles. The van der Waals surface area contributed by atoms with E-state index in [9.17, 15) is 13.2 Å². The van der Waals surface area contributed by atoms with Crippen molar-refractivity contribution < 1.29 is 13.2 Å². The highest BCUT2D eigenvalue weighted by molar-refractivity contribution is 7.99. The number of nitrogens with zero attached hydrogens (tertiary/aromatic N) is 1. The van der Waals surface area contributed by atoms with Crippen molar-refractivity contribution >= 4 is 33.4 Å². The van der Waals surface area contributed by atoms with Gasteiger partial charge in [0.05, 0.1) is 11.8 Å². The van der Waals surface area contributed by atoms with Crippen LogP contribution in [0.4, 0.5) is 5.69 Å². The molecule has 24 heavy (non-hydrogen) atoms. The molecule has 8 heteroatoms. The number of rotatable bonds is 7. The molecule has 0 fully saturated rings. The van der Waals surface area contributed by atoms with Gasteiger partial charge in [-0.05, 0) is 36.4 Å². The molecule has 0 saturated carbocycles. The van der Waals surface area contributed by atoms with E-state index in [0.717, 1.165) is 16.2 Å². The van der Waals surface area contributed by atoms with Crippen molar-refractivity contribution in [3.8, 4) is 0 Å². The number of carbonyl (C=O) groups is 1. The minimum atomic E-state index is -3.28. The average molecular weight is 363 g/mol. The van der Waals surface area contributed by atoms with Crippen LogP contribution in [0.15, 0.2) is 65.2 Å². The zero-order valence-electron chi connectivity index (χ0n) is 13.0. The van der Waals surface area contributed by atoms with Crippen molar-refractivity contribution in [3.05, 3.63) is 60.8 Å². The van der Waals surface area contributed by atoms with Crippen LogP contribution < -0.4 is 10.0 Å². The van der Waals surface area contributed by atoms with Gasteiger partial charge >= 0.3 is 0 Å². The van der Waals surface area contributed by atoms with Crippen LogP contribution in [0.25, 0.3) is 0 Å². The van der Waals surface area contributed by atoms with Crippen LogP contribution in [0.5, 0.6) is 0 Å². The molecule has 6 nitrogen and oxygen atoms in total. The maximum Gasteiger partial charge on any atom is 0.253 e. The van der Waals surface area contributed by atoms with Crippen LogP contribution >= 0.6 is 11.8 Å². The normalized spacial score (nSPS) is 10.9. The first kappa shape index (κ1) is 18.0. The summed E-state index contributed by atoms with van der Waals surface area (Å²) < 4.78 is 24.7. The summed E-state index contributed by atoms with van der Waals surface area (Å²) in [6, 6.07) is 10.4. The summed E-state index contributed by atoms with van der Waals surface area (Å²) in [4.78, 5) is 16.9. The van der Waals surface area contributed by atoms with Gasteiger partial charge in [0.2, 0.25) is 10.0 Å². The van der Waals surface area contributed by atoms with Crippen molar-refractivity contribution in [1.82, 2.24) is 10.3 Å². The standard InChI is InChI=1S/C16H17N3O3S2/c1-3-10-17-16(20)12-4-9-15(18-11-12)23-14-7-5-13(6-8-14)19-24(2,21)22/h3-9,11,19H,1,10H2,2H3,(H,17,20). The van der Waals surface area contributed by atoms with Crippen molar-refractivity contribution in [3.63, 3.8) is 0 Å². The first-order valence-electron chi connectivity index (χ1n) is 6.98. The van der Waals surface area contributed by atoms with Crippen LogP contribution in [0.3, 0.4) is 0 Å². The van der Waals surface area contributed by atoms with E-state index in [1.807, 2.05) is 0 Å². The Morgan fingerprint density at radius 2 is 1.96 bits per heavy atom. The van der Waals surface area contributed by atoms with Crippen molar-refractivity contribution in [2.75, 3.05) is 17.5 Å². The quantitative estimate of drug-likeness (QED) is 0.738. The molecule has 0 aliphatic rings. The molecular weight excluding hydrogens is 346 g/mol. The summed E-state index contributed by atoms with van der Waals surface area (Å²) in [7, 11) is -3.28. The second kappa shape index (κ2) is 7.98. The van der Waals surface area contributed by atoms with Gasteiger partial charge in [-0.1, -0.05) is 17.8 Å². The molecule has 2 rings (SSSR count). The van der Waals surface area contributed by atoms with Crippen LogP contribution in [0, 0.1) is 0 Å². The van der Waals surface area contributed by atoms with Gasteiger partial charge in [0.1, 0.15) is 5.03 Å². The third-order valence-corrected chi connectivity index (χ3v) is 4.35. The second-order valence-electron chi connectivity index (χ2n) is 4.88. The van der Waals surface area contributed by atoms with Gasteiger partial charge in [-0.15, -0.1) is 6.58 Å². The van der Waals surface area contributed by atoms with Gasteiger partial charge in [-0.3, -0.25) is 9.52 Å². The maximum absolute atomic E-state index is 11.8. The lowest BCUT2D eigenvalue weighted by atomic mass is 10.3. The van der Waals surface area contributed by atoms with Gasteiger partial charge in [-0.2, -0.15) is 0 Å². The third-order valence-electron chi connectivity index (χ3n) is 2.79. The first-order valence-corrected chi connectivity index (χ1v) is 9.69. The highest BCUT2D eigenvalue weighted by Gasteiger charge is 2.06. The minimum absolute atomic E-state index is 0.199. The molecule has 2 N–H and O–H groups in total. The number of pyridine rings is 1. The summed E-state index contributed by atoms with van der Waals surface area (Å²) in [5.41, 5.74) is 0.984. The molecule has 2 aromatic rings. The molecule has 0 spiro atoms. The fraction of sp³-hybridized carbons (Fsp3) is 0.125.